The smallest absolute Gasteiger partial charge is 0.317 e. The number of hydrogen-bond donors (Lipinski definition) is 1. The van der Waals surface area contributed by atoms with Gasteiger partial charge in [0.2, 0.25) is 0 Å². The summed E-state index contributed by atoms with van der Waals surface area (Å²) in [5.74, 6) is 1.93. The van der Waals surface area contributed by atoms with Crippen LogP contribution in [0, 0.1) is 17.8 Å². The molecule has 3 unspecified atom stereocenters. The minimum Gasteiger partial charge on any atom is -0.466 e. The minimum absolute atomic E-state index is 0.0863. The first-order valence-corrected chi connectivity index (χ1v) is 11.9. The lowest BCUT2D eigenvalue weighted by atomic mass is 9.89. The third-order valence-electron chi connectivity index (χ3n) is 6.54. The van der Waals surface area contributed by atoms with Gasteiger partial charge in [-0.05, 0) is 49.5 Å². The number of nitrogens with zero attached hydrogens (tertiary/aromatic N) is 2. The molecule has 2 heterocycles. The van der Waals surface area contributed by atoms with Gasteiger partial charge in [0.25, 0.3) is 0 Å². The number of hydrogen-bond acceptors (Lipinski definition) is 4. The van der Waals surface area contributed by atoms with Crippen molar-refractivity contribution < 1.29 is 14.3 Å². The van der Waals surface area contributed by atoms with Crippen LogP contribution in [0.1, 0.15) is 58.1 Å². The van der Waals surface area contributed by atoms with E-state index in [1.165, 1.54) is 19.5 Å². The van der Waals surface area contributed by atoms with Gasteiger partial charge in [-0.3, -0.25) is 4.79 Å². The number of carbonyl (C=O) groups is 2. The Bertz CT molecular complexity index is 693. The van der Waals surface area contributed by atoms with Crippen LogP contribution >= 0.6 is 0 Å². The molecule has 3 rings (SSSR count). The van der Waals surface area contributed by atoms with E-state index in [0.29, 0.717) is 12.5 Å². The molecule has 2 aliphatic rings. The maximum atomic E-state index is 13.0. The molecule has 172 valence electrons. The average Bonchev–Trinajstić information content (AvgIpc) is 2.74. The van der Waals surface area contributed by atoms with Crippen molar-refractivity contribution >= 4 is 12.0 Å². The van der Waals surface area contributed by atoms with E-state index in [1.54, 1.807) is 6.92 Å². The lowest BCUT2D eigenvalue weighted by Gasteiger charge is -2.39. The molecule has 2 aliphatic heterocycles. The van der Waals surface area contributed by atoms with E-state index in [-0.39, 0.29) is 24.5 Å². The summed E-state index contributed by atoms with van der Waals surface area (Å²) in [4.78, 5) is 29.6. The van der Waals surface area contributed by atoms with Gasteiger partial charge < -0.3 is 19.9 Å². The molecule has 0 bridgehead atoms. The summed E-state index contributed by atoms with van der Waals surface area (Å²) < 4.78 is 5.11. The molecule has 1 aromatic rings. The van der Waals surface area contributed by atoms with Crippen LogP contribution in [0.2, 0.25) is 0 Å². The van der Waals surface area contributed by atoms with Gasteiger partial charge >= 0.3 is 12.0 Å². The second-order valence-corrected chi connectivity index (χ2v) is 9.52. The molecule has 0 aromatic heterocycles. The Morgan fingerprint density at radius 3 is 2.35 bits per heavy atom. The summed E-state index contributed by atoms with van der Waals surface area (Å²) >= 11 is 0. The topological polar surface area (TPSA) is 61.9 Å². The fourth-order valence-electron chi connectivity index (χ4n) is 5.19. The zero-order chi connectivity index (χ0) is 22.2. The maximum Gasteiger partial charge on any atom is 0.317 e. The molecule has 1 aromatic carbocycles. The van der Waals surface area contributed by atoms with Crippen LogP contribution in [0.4, 0.5) is 4.79 Å². The van der Waals surface area contributed by atoms with Crippen molar-refractivity contribution in [2.75, 3.05) is 39.3 Å². The average molecular weight is 430 g/mol. The monoisotopic (exact) mass is 429 g/mol. The van der Waals surface area contributed by atoms with E-state index in [9.17, 15) is 9.59 Å². The number of benzene rings is 1. The second-order valence-electron chi connectivity index (χ2n) is 9.52. The van der Waals surface area contributed by atoms with Gasteiger partial charge in [0.15, 0.2) is 0 Å². The number of likely N-dealkylation sites (tertiary alicyclic amines) is 2. The summed E-state index contributed by atoms with van der Waals surface area (Å²) in [7, 11) is 0. The number of amides is 2. The Labute approximate surface area is 187 Å². The summed E-state index contributed by atoms with van der Waals surface area (Å²) in [6, 6.07) is 9.20. The van der Waals surface area contributed by atoms with Crippen molar-refractivity contribution in [2.45, 2.75) is 52.5 Å². The number of urea groups is 1. The van der Waals surface area contributed by atoms with Crippen LogP contribution in [0.15, 0.2) is 30.3 Å². The Morgan fingerprint density at radius 2 is 1.74 bits per heavy atom. The third kappa shape index (κ3) is 7.23. The molecule has 2 saturated heterocycles. The Balaban J connectivity index is 1.50. The SMILES string of the molecule is CCOC(=O)CC(NC(=O)N1CCC(CN2CC(C)CC(C)C2)CC1)c1ccccc1. The van der Waals surface area contributed by atoms with E-state index in [4.69, 9.17) is 4.74 Å². The van der Waals surface area contributed by atoms with E-state index in [0.717, 1.165) is 49.9 Å². The standard InChI is InChI=1S/C25H39N3O3/c1-4-31-24(29)15-23(22-8-6-5-7-9-22)26-25(30)28-12-10-21(11-13-28)18-27-16-19(2)14-20(3)17-27/h5-9,19-21,23H,4,10-18H2,1-3H3,(H,26,30). The first-order valence-electron chi connectivity index (χ1n) is 11.9. The summed E-state index contributed by atoms with van der Waals surface area (Å²) in [5, 5.41) is 3.08. The molecule has 31 heavy (non-hydrogen) atoms. The highest BCUT2D eigenvalue weighted by atomic mass is 16.5. The fraction of sp³-hybridized carbons (Fsp3) is 0.680. The molecule has 3 atom stereocenters. The Kier molecular flexibility index (Phi) is 8.76. The van der Waals surface area contributed by atoms with Crippen LogP contribution in [0.5, 0.6) is 0 Å². The predicted molar refractivity (Wildman–Crippen MR) is 123 cm³/mol. The van der Waals surface area contributed by atoms with Crippen LogP contribution in [0.3, 0.4) is 0 Å². The Morgan fingerprint density at radius 1 is 1.10 bits per heavy atom. The number of carbonyl (C=O) groups excluding carboxylic acids is 2. The van der Waals surface area contributed by atoms with Gasteiger partial charge in [-0.1, -0.05) is 44.2 Å². The number of ether oxygens (including phenoxy) is 1. The number of rotatable bonds is 7. The van der Waals surface area contributed by atoms with Crippen LogP contribution in [-0.2, 0) is 9.53 Å². The molecule has 2 fully saturated rings. The third-order valence-corrected chi connectivity index (χ3v) is 6.54. The lowest BCUT2D eigenvalue weighted by molar-refractivity contribution is -0.143. The van der Waals surface area contributed by atoms with Crippen LogP contribution in [0.25, 0.3) is 0 Å². The normalized spacial score (nSPS) is 23.9. The van der Waals surface area contributed by atoms with E-state index < -0.39 is 0 Å². The van der Waals surface area contributed by atoms with E-state index in [2.05, 4.69) is 24.1 Å². The fourth-order valence-corrected chi connectivity index (χ4v) is 5.19. The van der Waals surface area contributed by atoms with E-state index in [1.807, 2.05) is 35.2 Å². The van der Waals surface area contributed by atoms with Crippen LogP contribution < -0.4 is 5.32 Å². The largest absolute Gasteiger partial charge is 0.466 e. The maximum absolute atomic E-state index is 13.0. The number of piperidine rings is 2. The lowest BCUT2D eigenvalue weighted by Crippen LogP contribution is -2.48. The summed E-state index contributed by atoms with van der Waals surface area (Å²) in [6.07, 6.45) is 3.57. The van der Waals surface area contributed by atoms with Gasteiger partial charge in [0.05, 0.1) is 19.1 Å². The number of nitrogens with one attached hydrogen (secondary N) is 1. The molecular formula is C25H39N3O3. The highest BCUT2D eigenvalue weighted by molar-refractivity contribution is 5.77. The van der Waals surface area contributed by atoms with Crippen molar-refractivity contribution in [3.05, 3.63) is 35.9 Å². The second kappa shape index (κ2) is 11.5. The highest BCUT2D eigenvalue weighted by Crippen LogP contribution is 2.25. The highest BCUT2D eigenvalue weighted by Gasteiger charge is 2.29. The quantitative estimate of drug-likeness (QED) is 0.664. The zero-order valence-electron chi connectivity index (χ0n) is 19.4. The molecule has 6 heteroatoms. The van der Waals surface area contributed by atoms with Gasteiger partial charge in [0.1, 0.15) is 0 Å². The molecule has 6 nitrogen and oxygen atoms in total. The van der Waals surface area contributed by atoms with Crippen molar-refractivity contribution in [3.63, 3.8) is 0 Å². The van der Waals surface area contributed by atoms with Gasteiger partial charge in [-0.25, -0.2) is 4.79 Å². The van der Waals surface area contributed by atoms with Crippen molar-refractivity contribution in [3.8, 4) is 0 Å². The molecule has 0 saturated carbocycles. The number of esters is 1. The zero-order valence-corrected chi connectivity index (χ0v) is 19.4. The summed E-state index contributed by atoms with van der Waals surface area (Å²) in [5.41, 5.74) is 0.923. The summed E-state index contributed by atoms with van der Waals surface area (Å²) in [6.45, 7) is 12.0. The van der Waals surface area contributed by atoms with Gasteiger partial charge in [-0.2, -0.15) is 0 Å². The predicted octanol–water partition coefficient (Wildman–Crippen LogP) is 4.08. The first kappa shape index (κ1) is 23.6. The van der Waals surface area contributed by atoms with Crippen LogP contribution in [-0.4, -0.2) is 61.1 Å². The molecule has 0 spiro atoms. The molecule has 0 aliphatic carbocycles. The van der Waals surface area contributed by atoms with Crippen molar-refractivity contribution in [1.82, 2.24) is 15.1 Å². The van der Waals surface area contributed by atoms with E-state index >= 15 is 0 Å². The first-order chi connectivity index (χ1) is 14.9. The molecule has 1 N–H and O–H groups in total. The van der Waals surface area contributed by atoms with Gasteiger partial charge in [0, 0.05) is 32.7 Å². The Hall–Kier alpha value is -2.08. The minimum atomic E-state index is -0.373. The molecule has 0 radical (unpaired) electrons. The molecular weight excluding hydrogens is 390 g/mol. The molecule has 2 amide bonds. The van der Waals surface area contributed by atoms with Crippen molar-refractivity contribution in [2.24, 2.45) is 17.8 Å². The van der Waals surface area contributed by atoms with Crippen molar-refractivity contribution in [1.29, 1.82) is 0 Å². The van der Waals surface area contributed by atoms with Gasteiger partial charge in [-0.15, -0.1) is 0 Å².